The first-order valence-electron chi connectivity index (χ1n) is 13.8. The maximum absolute atomic E-state index is 12.7. The van der Waals surface area contributed by atoms with E-state index >= 15 is 0 Å². The van der Waals surface area contributed by atoms with Crippen LogP contribution in [0.15, 0.2) is 103 Å². The fraction of sp³-hybridized carbons (Fsp3) is 0.265. The zero-order chi connectivity index (χ0) is 26.8. The molecule has 5 heteroatoms. The maximum Gasteiger partial charge on any atom is 0.222 e. The second kappa shape index (κ2) is 11.5. The van der Waals surface area contributed by atoms with Crippen molar-refractivity contribution in [3.05, 3.63) is 124 Å². The summed E-state index contributed by atoms with van der Waals surface area (Å²) in [5, 5.41) is 8.54. The lowest BCUT2D eigenvalue weighted by Gasteiger charge is -2.46. The Hall–Kier alpha value is -3.27. The normalized spacial score (nSPS) is 22.7. The topological polar surface area (TPSA) is 41.1 Å². The molecule has 0 aromatic heterocycles. The molecule has 3 nitrogen and oxygen atoms in total. The third kappa shape index (κ3) is 5.85. The van der Waals surface area contributed by atoms with E-state index in [0.29, 0.717) is 18.3 Å². The Bertz CT molecular complexity index is 1360. The molecule has 4 aromatic rings. The molecule has 198 valence electrons. The number of hydrogen-bond acceptors (Lipinski definition) is 2. The minimum atomic E-state index is 0.0882. The van der Waals surface area contributed by atoms with Crippen LogP contribution >= 0.6 is 23.2 Å². The average Bonchev–Trinajstić information content (AvgIpc) is 2.96. The molecule has 1 saturated carbocycles. The van der Waals surface area contributed by atoms with Crippen molar-refractivity contribution in [1.29, 1.82) is 0 Å². The smallest absolute Gasteiger partial charge is 0.222 e. The van der Waals surface area contributed by atoms with Crippen molar-refractivity contribution in [3.63, 3.8) is 0 Å². The zero-order valence-corrected chi connectivity index (χ0v) is 23.2. The molecule has 39 heavy (non-hydrogen) atoms. The van der Waals surface area contributed by atoms with Crippen LogP contribution in [0.4, 0.5) is 5.69 Å². The van der Waals surface area contributed by atoms with Crippen molar-refractivity contribution >= 4 is 34.8 Å². The lowest BCUT2D eigenvalue weighted by molar-refractivity contribution is -0.125. The van der Waals surface area contributed by atoms with Crippen LogP contribution in [0.2, 0.25) is 10.0 Å². The van der Waals surface area contributed by atoms with Gasteiger partial charge in [0, 0.05) is 46.1 Å². The van der Waals surface area contributed by atoms with Crippen LogP contribution in [0.5, 0.6) is 0 Å². The highest BCUT2D eigenvalue weighted by atomic mass is 35.5. The number of piperidine rings is 1. The van der Waals surface area contributed by atoms with Gasteiger partial charge >= 0.3 is 0 Å². The number of halogens is 2. The number of carbonyl (C=O) groups is 1. The summed E-state index contributed by atoms with van der Waals surface area (Å²) in [5.41, 5.74) is 5.98. The first-order valence-corrected chi connectivity index (χ1v) is 14.5. The molecule has 0 radical (unpaired) electrons. The Morgan fingerprint density at radius 1 is 0.718 bits per heavy atom. The Kier molecular flexibility index (Phi) is 7.63. The van der Waals surface area contributed by atoms with E-state index in [1.54, 1.807) is 0 Å². The van der Waals surface area contributed by atoms with Gasteiger partial charge in [-0.05, 0) is 83.8 Å². The van der Waals surface area contributed by atoms with Crippen molar-refractivity contribution in [1.82, 2.24) is 5.32 Å². The van der Waals surface area contributed by atoms with E-state index in [1.165, 1.54) is 22.3 Å². The number of carbonyl (C=O) groups excluding carboxylic acids is 1. The summed E-state index contributed by atoms with van der Waals surface area (Å²) in [4.78, 5) is 12.7. The molecular weight excluding hydrogens is 523 g/mol. The molecule has 0 bridgehead atoms. The molecule has 2 N–H and O–H groups in total. The highest BCUT2D eigenvalue weighted by molar-refractivity contribution is 6.30. The summed E-state index contributed by atoms with van der Waals surface area (Å²) < 4.78 is 0. The van der Waals surface area contributed by atoms with Crippen LogP contribution in [0, 0.1) is 11.8 Å². The summed E-state index contributed by atoms with van der Waals surface area (Å²) in [7, 11) is 0. The minimum absolute atomic E-state index is 0.0882. The van der Waals surface area contributed by atoms with Gasteiger partial charge in [0.2, 0.25) is 5.91 Å². The van der Waals surface area contributed by atoms with Crippen LogP contribution < -0.4 is 10.6 Å². The third-order valence-electron chi connectivity index (χ3n) is 8.48. The highest BCUT2D eigenvalue weighted by Crippen LogP contribution is 2.45. The average molecular weight is 556 g/mol. The lowest BCUT2D eigenvalue weighted by atomic mass is 9.65. The van der Waals surface area contributed by atoms with Gasteiger partial charge in [-0.1, -0.05) is 89.9 Å². The van der Waals surface area contributed by atoms with Gasteiger partial charge in [0.15, 0.2) is 0 Å². The molecule has 6 rings (SSSR count). The molecule has 1 aliphatic carbocycles. The zero-order valence-electron chi connectivity index (χ0n) is 21.7. The number of nitrogens with one attached hydrogen (secondary N) is 2. The second-order valence-electron chi connectivity index (χ2n) is 10.9. The standard InChI is InChI=1S/C34H32Cl2N2O/c35-27-13-6-24(7-14-27)34(25-8-15-28(36)16-9-25)26-12-19-31-30(20-26)32(21-33(39)38-31)37-29-17-10-23(11-18-29)22-4-2-1-3-5-22/h1-11,13-18,26,30-32,34,37H,12,19-21H2,(H,38,39). The molecule has 1 heterocycles. The largest absolute Gasteiger partial charge is 0.381 e. The molecule has 0 spiro atoms. The predicted molar refractivity (Wildman–Crippen MR) is 161 cm³/mol. The van der Waals surface area contributed by atoms with Gasteiger partial charge in [0.25, 0.3) is 0 Å². The molecule has 1 aliphatic heterocycles. The van der Waals surface area contributed by atoms with Gasteiger partial charge in [0.05, 0.1) is 0 Å². The Labute approximate surface area is 240 Å². The molecule has 1 amide bonds. The van der Waals surface area contributed by atoms with E-state index in [2.05, 4.69) is 83.4 Å². The number of hydrogen-bond donors (Lipinski definition) is 2. The van der Waals surface area contributed by atoms with Gasteiger partial charge in [-0.25, -0.2) is 0 Å². The Morgan fingerprint density at radius 3 is 1.92 bits per heavy atom. The molecule has 2 aliphatic rings. The van der Waals surface area contributed by atoms with E-state index in [1.807, 2.05) is 30.3 Å². The Balaban J connectivity index is 1.25. The van der Waals surface area contributed by atoms with Crippen LogP contribution in [-0.2, 0) is 4.79 Å². The summed E-state index contributed by atoms with van der Waals surface area (Å²) >= 11 is 12.5. The van der Waals surface area contributed by atoms with Gasteiger partial charge in [-0.3, -0.25) is 4.79 Å². The van der Waals surface area contributed by atoms with Crippen molar-refractivity contribution in [2.24, 2.45) is 11.8 Å². The third-order valence-corrected chi connectivity index (χ3v) is 8.99. The van der Waals surface area contributed by atoms with E-state index in [9.17, 15) is 4.79 Å². The van der Waals surface area contributed by atoms with Crippen molar-refractivity contribution in [2.45, 2.75) is 43.7 Å². The summed E-state index contributed by atoms with van der Waals surface area (Å²) in [6, 6.07) is 35.8. The van der Waals surface area contributed by atoms with Crippen LogP contribution in [0.1, 0.15) is 42.7 Å². The van der Waals surface area contributed by atoms with E-state index in [4.69, 9.17) is 23.2 Å². The van der Waals surface area contributed by atoms with Crippen LogP contribution in [-0.4, -0.2) is 18.0 Å². The fourth-order valence-electron chi connectivity index (χ4n) is 6.62. The monoisotopic (exact) mass is 554 g/mol. The SMILES string of the molecule is O=C1CC(Nc2ccc(-c3ccccc3)cc2)C2CC(C(c3ccc(Cl)cc3)c3ccc(Cl)cc3)CCC2N1. The summed E-state index contributed by atoms with van der Waals surface area (Å²) in [6.45, 7) is 0. The molecule has 4 atom stereocenters. The second-order valence-corrected chi connectivity index (χ2v) is 11.8. The van der Waals surface area contributed by atoms with Gasteiger partial charge in [-0.2, -0.15) is 0 Å². The molecule has 4 unspecified atom stereocenters. The lowest BCUT2D eigenvalue weighted by Crippen LogP contribution is -2.56. The van der Waals surface area contributed by atoms with Gasteiger partial charge in [-0.15, -0.1) is 0 Å². The molecule has 1 saturated heterocycles. The van der Waals surface area contributed by atoms with Crippen molar-refractivity contribution < 1.29 is 4.79 Å². The van der Waals surface area contributed by atoms with Crippen molar-refractivity contribution in [2.75, 3.05) is 5.32 Å². The Morgan fingerprint density at radius 2 is 1.31 bits per heavy atom. The molecular formula is C34H32Cl2N2O. The fourth-order valence-corrected chi connectivity index (χ4v) is 6.87. The number of benzene rings is 4. The van der Waals surface area contributed by atoms with E-state index in [0.717, 1.165) is 35.0 Å². The number of amides is 1. The van der Waals surface area contributed by atoms with E-state index < -0.39 is 0 Å². The molecule has 4 aromatic carbocycles. The van der Waals surface area contributed by atoms with Gasteiger partial charge < -0.3 is 10.6 Å². The highest BCUT2D eigenvalue weighted by Gasteiger charge is 2.43. The number of fused-ring (bicyclic) bond motifs is 1. The number of anilines is 1. The van der Waals surface area contributed by atoms with Crippen LogP contribution in [0.3, 0.4) is 0 Å². The van der Waals surface area contributed by atoms with Gasteiger partial charge in [0.1, 0.15) is 0 Å². The summed E-state index contributed by atoms with van der Waals surface area (Å²) in [5.74, 6) is 1.16. The van der Waals surface area contributed by atoms with Crippen LogP contribution in [0.25, 0.3) is 11.1 Å². The van der Waals surface area contributed by atoms with E-state index in [-0.39, 0.29) is 23.9 Å². The molecule has 2 fully saturated rings. The number of rotatable bonds is 6. The van der Waals surface area contributed by atoms with Crippen molar-refractivity contribution in [3.8, 4) is 11.1 Å². The quantitative estimate of drug-likeness (QED) is 0.250. The first kappa shape index (κ1) is 26.0. The summed E-state index contributed by atoms with van der Waals surface area (Å²) in [6.07, 6.45) is 3.54. The minimum Gasteiger partial charge on any atom is -0.381 e. The first-order chi connectivity index (χ1) is 19.0. The maximum atomic E-state index is 12.7. The predicted octanol–water partition coefficient (Wildman–Crippen LogP) is 8.58.